The van der Waals surface area contributed by atoms with Gasteiger partial charge < -0.3 is 19.1 Å². The molecule has 1 atom stereocenters. The number of likely N-dealkylation sites (tertiary alicyclic amines) is 1. The number of amides is 1. The van der Waals surface area contributed by atoms with Gasteiger partial charge in [0.2, 0.25) is 6.10 Å². The Kier molecular flexibility index (Phi) is 8.32. The number of methoxy groups -OCH3 is 1. The minimum absolute atomic E-state index is 0.0389. The average molecular weight is 522 g/mol. The quantitative estimate of drug-likeness (QED) is 0.367. The summed E-state index contributed by atoms with van der Waals surface area (Å²) in [4.78, 5) is 13.8. The van der Waals surface area contributed by atoms with E-state index in [1.165, 1.54) is 24.1 Å². The fraction of sp³-hybridized carbons (Fsp3) is 0.385. The third-order valence-corrected chi connectivity index (χ3v) is 6.18. The van der Waals surface area contributed by atoms with Gasteiger partial charge in [-0.15, -0.1) is 0 Å². The highest BCUT2D eigenvalue weighted by Crippen LogP contribution is 2.29. The maximum absolute atomic E-state index is 13.5. The maximum Gasteiger partial charge on any atom is 0.427 e. The Hall–Kier alpha value is -3.60. The van der Waals surface area contributed by atoms with Gasteiger partial charge in [0.05, 0.1) is 31.7 Å². The number of benzene rings is 2. The van der Waals surface area contributed by atoms with E-state index in [1.807, 2.05) is 6.07 Å². The molecule has 1 saturated heterocycles. The standard InChI is InChI=1S/C26H27F4N3O4/c1-35-22-8-2-18(3-9-22)16-36-17-24(26(28,29)30)37-25(34)32-13-10-19(11-14-32)23-12-15-33(31-23)21-6-4-20(27)5-7-21/h2-9,12,15,19,24H,10-11,13-14,16-17H2,1H3. The molecular weight excluding hydrogens is 494 g/mol. The summed E-state index contributed by atoms with van der Waals surface area (Å²) in [6.07, 6.45) is -5.34. The SMILES string of the molecule is COc1ccc(COCC(OC(=O)N2CCC(c3ccn(-c4ccc(F)cc4)n3)CC2)C(F)(F)F)cc1. The molecule has 3 aromatic rings. The molecule has 1 unspecified atom stereocenters. The van der Waals surface area contributed by atoms with Gasteiger partial charge in [-0.3, -0.25) is 0 Å². The van der Waals surface area contributed by atoms with E-state index in [1.54, 1.807) is 47.3 Å². The molecule has 2 heterocycles. The fourth-order valence-corrected chi connectivity index (χ4v) is 4.05. The largest absolute Gasteiger partial charge is 0.497 e. The maximum atomic E-state index is 13.5. The van der Waals surface area contributed by atoms with E-state index < -0.39 is 25.0 Å². The molecule has 37 heavy (non-hydrogen) atoms. The highest BCUT2D eigenvalue weighted by atomic mass is 19.4. The second-order valence-corrected chi connectivity index (χ2v) is 8.70. The van der Waals surface area contributed by atoms with Crippen molar-refractivity contribution in [2.75, 3.05) is 26.8 Å². The van der Waals surface area contributed by atoms with Crippen LogP contribution in [-0.2, 0) is 16.1 Å². The lowest BCUT2D eigenvalue weighted by Gasteiger charge is -2.32. The number of nitrogens with zero attached hydrogens (tertiary/aromatic N) is 3. The van der Waals surface area contributed by atoms with Crippen LogP contribution < -0.4 is 4.74 Å². The van der Waals surface area contributed by atoms with E-state index in [0.717, 1.165) is 5.69 Å². The molecule has 0 spiro atoms. The minimum Gasteiger partial charge on any atom is -0.497 e. The highest BCUT2D eigenvalue weighted by Gasteiger charge is 2.44. The van der Waals surface area contributed by atoms with Crippen molar-refractivity contribution in [1.82, 2.24) is 14.7 Å². The van der Waals surface area contributed by atoms with Crippen LogP contribution in [-0.4, -0.2) is 59.9 Å². The number of ether oxygens (including phenoxy) is 3. The normalized spacial score (nSPS) is 15.4. The van der Waals surface area contributed by atoms with Crippen LogP contribution in [0.1, 0.15) is 30.0 Å². The molecule has 11 heteroatoms. The number of halogens is 4. The van der Waals surface area contributed by atoms with Crippen molar-refractivity contribution in [1.29, 1.82) is 0 Å². The summed E-state index contributed by atoms with van der Waals surface area (Å²) in [7, 11) is 1.51. The molecule has 4 rings (SSSR count). The monoisotopic (exact) mass is 521 g/mol. The van der Waals surface area contributed by atoms with Crippen molar-refractivity contribution in [3.05, 3.63) is 77.9 Å². The number of carbonyl (C=O) groups is 1. The minimum atomic E-state index is -4.76. The Morgan fingerprint density at radius 1 is 1.05 bits per heavy atom. The summed E-state index contributed by atoms with van der Waals surface area (Å²) in [6, 6.07) is 14.5. The Morgan fingerprint density at radius 3 is 2.35 bits per heavy atom. The Balaban J connectivity index is 1.27. The number of alkyl halides is 3. The third-order valence-electron chi connectivity index (χ3n) is 6.18. The van der Waals surface area contributed by atoms with Crippen LogP contribution in [0.5, 0.6) is 5.75 Å². The summed E-state index contributed by atoms with van der Waals surface area (Å²) >= 11 is 0. The van der Waals surface area contributed by atoms with Crippen molar-refractivity contribution in [2.24, 2.45) is 0 Å². The van der Waals surface area contributed by atoms with Gasteiger partial charge in [-0.1, -0.05) is 12.1 Å². The summed E-state index contributed by atoms with van der Waals surface area (Å²) in [5.74, 6) is 0.319. The third kappa shape index (κ3) is 7.00. The summed E-state index contributed by atoms with van der Waals surface area (Å²) in [6.45, 7) is -0.392. The van der Waals surface area contributed by atoms with Crippen LogP contribution in [0.2, 0.25) is 0 Å². The number of hydrogen-bond donors (Lipinski definition) is 0. The highest BCUT2D eigenvalue weighted by molar-refractivity contribution is 5.68. The van der Waals surface area contributed by atoms with Crippen molar-refractivity contribution in [3.63, 3.8) is 0 Å². The Labute approximate surface area is 211 Å². The van der Waals surface area contributed by atoms with Crippen LogP contribution in [0, 0.1) is 5.82 Å². The van der Waals surface area contributed by atoms with Crippen molar-refractivity contribution >= 4 is 6.09 Å². The van der Waals surface area contributed by atoms with Crippen molar-refractivity contribution in [2.45, 2.75) is 37.6 Å². The van der Waals surface area contributed by atoms with Crippen LogP contribution in [0.3, 0.4) is 0 Å². The van der Waals surface area contributed by atoms with Gasteiger partial charge in [0.1, 0.15) is 11.6 Å². The Bertz CT molecular complexity index is 1160. The molecule has 198 valence electrons. The van der Waals surface area contributed by atoms with Crippen LogP contribution in [0.4, 0.5) is 22.4 Å². The van der Waals surface area contributed by atoms with Gasteiger partial charge in [0.15, 0.2) is 0 Å². The molecule has 1 aliphatic heterocycles. The molecule has 1 aromatic heterocycles. The molecule has 7 nitrogen and oxygen atoms in total. The molecule has 0 radical (unpaired) electrons. The second kappa shape index (κ2) is 11.6. The smallest absolute Gasteiger partial charge is 0.427 e. The van der Waals surface area contributed by atoms with Gasteiger partial charge in [-0.2, -0.15) is 18.3 Å². The summed E-state index contributed by atoms with van der Waals surface area (Å²) < 4.78 is 70.3. The van der Waals surface area contributed by atoms with E-state index >= 15 is 0 Å². The van der Waals surface area contributed by atoms with Crippen molar-refractivity contribution in [3.8, 4) is 11.4 Å². The van der Waals surface area contributed by atoms with E-state index in [-0.39, 0.29) is 31.4 Å². The lowest BCUT2D eigenvalue weighted by atomic mass is 9.94. The molecule has 1 aliphatic rings. The van der Waals surface area contributed by atoms with E-state index in [2.05, 4.69) is 5.10 Å². The number of aromatic nitrogens is 2. The van der Waals surface area contributed by atoms with Crippen molar-refractivity contribution < 1.29 is 36.6 Å². The molecule has 2 aromatic carbocycles. The lowest BCUT2D eigenvalue weighted by molar-refractivity contribution is -0.220. The molecule has 0 bridgehead atoms. The molecule has 1 fully saturated rings. The van der Waals surface area contributed by atoms with Gasteiger partial charge in [0.25, 0.3) is 0 Å². The summed E-state index contributed by atoms with van der Waals surface area (Å²) in [5.41, 5.74) is 2.18. The fourth-order valence-electron chi connectivity index (χ4n) is 4.05. The topological polar surface area (TPSA) is 65.8 Å². The van der Waals surface area contributed by atoms with E-state index in [9.17, 15) is 22.4 Å². The molecule has 0 aliphatic carbocycles. The average Bonchev–Trinajstić information content (AvgIpc) is 3.39. The Morgan fingerprint density at radius 2 is 1.73 bits per heavy atom. The second-order valence-electron chi connectivity index (χ2n) is 8.70. The lowest BCUT2D eigenvalue weighted by Crippen LogP contribution is -2.44. The van der Waals surface area contributed by atoms with Crippen LogP contribution >= 0.6 is 0 Å². The van der Waals surface area contributed by atoms with E-state index in [0.29, 0.717) is 29.8 Å². The molecule has 0 saturated carbocycles. The van der Waals surface area contributed by atoms with Crippen LogP contribution in [0.25, 0.3) is 5.69 Å². The first-order valence-electron chi connectivity index (χ1n) is 11.8. The number of piperidine rings is 1. The molecule has 0 N–H and O–H groups in total. The number of hydrogen-bond acceptors (Lipinski definition) is 5. The predicted octanol–water partition coefficient (Wildman–Crippen LogP) is 5.48. The van der Waals surface area contributed by atoms with Gasteiger partial charge in [0, 0.05) is 25.2 Å². The molecule has 1 amide bonds. The first kappa shape index (κ1) is 26.5. The zero-order valence-corrected chi connectivity index (χ0v) is 20.2. The van der Waals surface area contributed by atoms with Gasteiger partial charge in [-0.25, -0.2) is 13.9 Å². The van der Waals surface area contributed by atoms with Gasteiger partial charge in [-0.05, 0) is 60.9 Å². The first-order chi connectivity index (χ1) is 17.7. The number of rotatable bonds is 8. The first-order valence-corrected chi connectivity index (χ1v) is 11.8. The van der Waals surface area contributed by atoms with Gasteiger partial charge >= 0.3 is 12.3 Å². The molecular formula is C26H27F4N3O4. The van der Waals surface area contributed by atoms with Crippen LogP contribution in [0.15, 0.2) is 60.8 Å². The zero-order chi connectivity index (χ0) is 26.4. The summed E-state index contributed by atoms with van der Waals surface area (Å²) in [5, 5.41) is 4.54. The van der Waals surface area contributed by atoms with E-state index in [4.69, 9.17) is 14.2 Å². The number of carbonyl (C=O) groups excluding carboxylic acids is 1. The predicted molar refractivity (Wildman–Crippen MR) is 126 cm³/mol. The zero-order valence-electron chi connectivity index (χ0n) is 20.2.